The van der Waals surface area contributed by atoms with Crippen LogP contribution in [0.15, 0.2) is 47.7 Å². The Morgan fingerprint density at radius 2 is 1.93 bits per heavy atom. The van der Waals surface area contributed by atoms with Crippen LogP contribution in [0.4, 0.5) is 0 Å². The van der Waals surface area contributed by atoms with Crippen LogP contribution in [0.25, 0.3) is 5.69 Å². The molecule has 3 aromatic rings. The molecule has 3 rings (SSSR count). The summed E-state index contributed by atoms with van der Waals surface area (Å²) in [6.45, 7) is 6.08. The van der Waals surface area contributed by atoms with Gasteiger partial charge in [0.1, 0.15) is 12.4 Å². The zero-order valence-electron chi connectivity index (χ0n) is 16.5. The molecule has 0 amide bonds. The number of halogens is 1. The topological polar surface area (TPSA) is 85.0 Å². The van der Waals surface area contributed by atoms with Gasteiger partial charge in [-0.1, -0.05) is 12.1 Å². The van der Waals surface area contributed by atoms with Crippen LogP contribution in [0.3, 0.4) is 0 Å². The molecule has 0 bridgehead atoms. The van der Waals surface area contributed by atoms with Crippen LogP contribution >= 0.6 is 24.0 Å². The van der Waals surface area contributed by atoms with Crippen molar-refractivity contribution in [3.05, 3.63) is 59.9 Å². The summed E-state index contributed by atoms with van der Waals surface area (Å²) < 4.78 is 3.81. The SMILES string of the molecule is CCNC(=NCc1nnc(C)n1C)NCCc1ccc(-n2cccn2)cc1.I. The van der Waals surface area contributed by atoms with E-state index in [0.29, 0.717) is 6.54 Å². The van der Waals surface area contributed by atoms with E-state index < -0.39 is 0 Å². The summed E-state index contributed by atoms with van der Waals surface area (Å²) in [5, 5.41) is 19.1. The summed E-state index contributed by atoms with van der Waals surface area (Å²) in [5.41, 5.74) is 2.32. The number of hydrogen-bond acceptors (Lipinski definition) is 4. The van der Waals surface area contributed by atoms with Crippen molar-refractivity contribution in [3.8, 4) is 5.69 Å². The van der Waals surface area contributed by atoms with E-state index >= 15 is 0 Å². The fourth-order valence-corrected chi connectivity index (χ4v) is 2.64. The first-order valence-corrected chi connectivity index (χ1v) is 9.13. The lowest BCUT2D eigenvalue weighted by Crippen LogP contribution is -2.38. The highest BCUT2D eigenvalue weighted by Crippen LogP contribution is 2.08. The van der Waals surface area contributed by atoms with Gasteiger partial charge in [0, 0.05) is 32.5 Å². The van der Waals surface area contributed by atoms with E-state index in [2.05, 4.69) is 62.1 Å². The number of benzene rings is 1. The van der Waals surface area contributed by atoms with Crippen molar-refractivity contribution in [2.24, 2.45) is 12.0 Å². The molecule has 0 saturated heterocycles. The Balaban J connectivity index is 0.00000280. The number of nitrogens with zero attached hydrogens (tertiary/aromatic N) is 6. The zero-order chi connectivity index (χ0) is 19.1. The molecule has 0 spiro atoms. The van der Waals surface area contributed by atoms with E-state index in [1.807, 2.05) is 35.5 Å². The lowest BCUT2D eigenvalue weighted by Gasteiger charge is -2.11. The van der Waals surface area contributed by atoms with Crippen LogP contribution in [-0.2, 0) is 20.0 Å². The highest BCUT2D eigenvalue weighted by Gasteiger charge is 2.05. The summed E-state index contributed by atoms with van der Waals surface area (Å²) in [6, 6.07) is 10.3. The van der Waals surface area contributed by atoms with Gasteiger partial charge < -0.3 is 15.2 Å². The van der Waals surface area contributed by atoms with E-state index in [1.165, 1.54) is 5.56 Å². The summed E-state index contributed by atoms with van der Waals surface area (Å²) >= 11 is 0. The van der Waals surface area contributed by atoms with Gasteiger partial charge in [-0.25, -0.2) is 9.67 Å². The predicted molar refractivity (Wildman–Crippen MR) is 121 cm³/mol. The van der Waals surface area contributed by atoms with Gasteiger partial charge in [0.2, 0.25) is 0 Å². The number of aliphatic imine (C=N–C) groups is 1. The predicted octanol–water partition coefficient (Wildman–Crippen LogP) is 2.23. The Morgan fingerprint density at radius 3 is 2.54 bits per heavy atom. The Hall–Kier alpha value is -2.43. The molecule has 2 N–H and O–H groups in total. The van der Waals surface area contributed by atoms with Gasteiger partial charge in [0.05, 0.1) is 5.69 Å². The Kier molecular flexibility index (Phi) is 8.42. The monoisotopic (exact) mass is 494 g/mol. The van der Waals surface area contributed by atoms with Gasteiger partial charge in [-0.3, -0.25) is 0 Å². The number of aryl methyl sites for hydroxylation is 1. The molecule has 150 valence electrons. The molecule has 2 heterocycles. The molecule has 0 saturated carbocycles. The number of nitrogens with one attached hydrogen (secondary N) is 2. The van der Waals surface area contributed by atoms with Gasteiger partial charge >= 0.3 is 0 Å². The normalized spacial score (nSPS) is 11.2. The van der Waals surface area contributed by atoms with E-state index in [4.69, 9.17) is 0 Å². The molecule has 0 fully saturated rings. The quantitative estimate of drug-likeness (QED) is 0.299. The third kappa shape index (κ3) is 5.78. The highest BCUT2D eigenvalue weighted by atomic mass is 127. The van der Waals surface area contributed by atoms with E-state index in [9.17, 15) is 0 Å². The second-order valence-electron chi connectivity index (χ2n) is 6.21. The minimum atomic E-state index is 0. The van der Waals surface area contributed by atoms with Crippen LogP contribution in [0.2, 0.25) is 0 Å². The number of hydrogen-bond donors (Lipinski definition) is 2. The van der Waals surface area contributed by atoms with Gasteiger partial charge in [0.15, 0.2) is 11.8 Å². The van der Waals surface area contributed by atoms with E-state index in [1.54, 1.807) is 6.20 Å². The Bertz CT molecular complexity index is 868. The van der Waals surface area contributed by atoms with Crippen LogP contribution in [0.5, 0.6) is 0 Å². The summed E-state index contributed by atoms with van der Waals surface area (Å²) in [5.74, 6) is 2.52. The molecular weight excluding hydrogens is 467 g/mol. The molecule has 28 heavy (non-hydrogen) atoms. The van der Waals surface area contributed by atoms with Gasteiger partial charge in [-0.2, -0.15) is 5.10 Å². The minimum absolute atomic E-state index is 0. The standard InChI is InChI=1S/C19H26N8.HI/c1-4-20-19(22-14-18-25-24-15(2)26(18)3)21-12-10-16-6-8-17(9-7-16)27-13-5-11-23-27;/h5-9,11,13H,4,10,12,14H2,1-3H3,(H2,20,21,22);1H. The lowest BCUT2D eigenvalue weighted by atomic mass is 10.1. The van der Waals surface area contributed by atoms with Gasteiger partial charge in [-0.15, -0.1) is 34.2 Å². The number of guanidine groups is 1. The third-order valence-corrected chi connectivity index (χ3v) is 4.32. The van der Waals surface area contributed by atoms with E-state index in [0.717, 1.165) is 42.8 Å². The fraction of sp³-hybridized carbons (Fsp3) is 0.368. The summed E-state index contributed by atoms with van der Waals surface area (Å²) in [7, 11) is 1.95. The van der Waals surface area contributed by atoms with Crippen molar-refractivity contribution in [2.75, 3.05) is 13.1 Å². The molecule has 2 aromatic heterocycles. The average Bonchev–Trinajstić information content (AvgIpc) is 3.32. The highest BCUT2D eigenvalue weighted by molar-refractivity contribution is 14.0. The van der Waals surface area contributed by atoms with E-state index in [-0.39, 0.29) is 24.0 Å². The van der Waals surface area contributed by atoms with Crippen LogP contribution in [-0.4, -0.2) is 43.6 Å². The van der Waals surface area contributed by atoms with Gasteiger partial charge in [-0.05, 0) is 44.0 Å². The van der Waals surface area contributed by atoms with Crippen LogP contribution in [0, 0.1) is 6.92 Å². The Labute approximate surface area is 182 Å². The molecule has 0 radical (unpaired) electrons. The molecule has 8 nitrogen and oxygen atoms in total. The molecular formula is C19H27IN8. The smallest absolute Gasteiger partial charge is 0.191 e. The maximum absolute atomic E-state index is 4.60. The molecule has 0 aliphatic heterocycles. The maximum Gasteiger partial charge on any atom is 0.191 e. The van der Waals surface area contributed by atoms with Crippen molar-refractivity contribution in [3.63, 3.8) is 0 Å². The molecule has 0 aliphatic carbocycles. The average molecular weight is 494 g/mol. The lowest BCUT2D eigenvalue weighted by molar-refractivity contribution is 0.753. The van der Waals surface area contributed by atoms with Gasteiger partial charge in [0.25, 0.3) is 0 Å². The largest absolute Gasteiger partial charge is 0.357 e. The second-order valence-corrected chi connectivity index (χ2v) is 6.21. The summed E-state index contributed by atoms with van der Waals surface area (Å²) in [4.78, 5) is 4.60. The molecule has 0 unspecified atom stereocenters. The zero-order valence-corrected chi connectivity index (χ0v) is 18.8. The fourth-order valence-electron chi connectivity index (χ4n) is 2.64. The van der Waals surface area contributed by atoms with Crippen molar-refractivity contribution < 1.29 is 0 Å². The van der Waals surface area contributed by atoms with Crippen molar-refractivity contribution in [1.82, 2.24) is 35.2 Å². The van der Waals surface area contributed by atoms with Crippen molar-refractivity contribution in [1.29, 1.82) is 0 Å². The van der Waals surface area contributed by atoms with Crippen molar-refractivity contribution in [2.45, 2.75) is 26.8 Å². The first-order valence-electron chi connectivity index (χ1n) is 9.13. The number of aromatic nitrogens is 5. The van der Waals surface area contributed by atoms with Crippen LogP contribution < -0.4 is 10.6 Å². The minimum Gasteiger partial charge on any atom is -0.357 e. The first kappa shape index (κ1) is 21.9. The number of rotatable bonds is 7. The second kappa shape index (κ2) is 10.8. The van der Waals surface area contributed by atoms with Crippen molar-refractivity contribution >= 4 is 29.9 Å². The molecule has 9 heteroatoms. The maximum atomic E-state index is 4.60. The van der Waals surface area contributed by atoms with Crippen LogP contribution in [0.1, 0.15) is 24.1 Å². The molecule has 0 aliphatic rings. The first-order chi connectivity index (χ1) is 13.2. The Morgan fingerprint density at radius 1 is 1.14 bits per heavy atom. The summed E-state index contributed by atoms with van der Waals surface area (Å²) in [6.07, 6.45) is 4.63. The third-order valence-electron chi connectivity index (χ3n) is 4.32. The molecule has 0 atom stereocenters. The molecule has 1 aromatic carbocycles.